The van der Waals surface area contributed by atoms with Gasteiger partial charge in [-0.15, -0.1) is 0 Å². The average molecular weight is 221 g/mol. The number of aryl methyl sites for hydroxylation is 1. The van der Waals surface area contributed by atoms with Crippen LogP contribution in [0.1, 0.15) is 30.9 Å². The van der Waals surface area contributed by atoms with Crippen molar-refractivity contribution in [3.8, 4) is 0 Å². The number of nitrogens with zero attached hydrogens (tertiary/aromatic N) is 1. The summed E-state index contributed by atoms with van der Waals surface area (Å²) in [5, 5.41) is 0. The molecule has 16 heavy (non-hydrogen) atoms. The lowest BCUT2D eigenvalue weighted by atomic mass is 9.74. The van der Waals surface area contributed by atoms with Gasteiger partial charge in [-0.3, -0.25) is 0 Å². The van der Waals surface area contributed by atoms with E-state index < -0.39 is 0 Å². The molecule has 1 aromatic rings. The van der Waals surface area contributed by atoms with Crippen LogP contribution < -0.4 is 0 Å². The van der Waals surface area contributed by atoms with Gasteiger partial charge in [0.25, 0.3) is 0 Å². The van der Waals surface area contributed by atoms with Crippen LogP contribution in [0.25, 0.3) is 0 Å². The number of hydrogen-bond acceptors (Lipinski definition) is 1. The lowest BCUT2D eigenvalue weighted by Crippen LogP contribution is -2.38. The molecule has 1 heterocycles. The Morgan fingerprint density at radius 2 is 1.88 bits per heavy atom. The van der Waals surface area contributed by atoms with E-state index in [0.29, 0.717) is 0 Å². The molecule has 0 radical (unpaired) electrons. The summed E-state index contributed by atoms with van der Waals surface area (Å²) in [6, 6.07) is 5.71. The summed E-state index contributed by atoms with van der Waals surface area (Å²) in [7, 11) is 2.15. The molecule has 1 saturated heterocycles. The van der Waals surface area contributed by atoms with Gasteiger partial charge >= 0.3 is 0 Å². The minimum atomic E-state index is -0.0716. The van der Waals surface area contributed by atoms with Crippen molar-refractivity contribution in [3.05, 3.63) is 35.1 Å². The van der Waals surface area contributed by atoms with Crippen LogP contribution in [0.15, 0.2) is 18.2 Å². The van der Waals surface area contributed by atoms with Crippen LogP contribution in [-0.4, -0.2) is 25.0 Å². The molecule has 1 aliphatic rings. The van der Waals surface area contributed by atoms with Crippen LogP contribution in [0.5, 0.6) is 0 Å². The predicted molar refractivity (Wildman–Crippen MR) is 65.2 cm³/mol. The van der Waals surface area contributed by atoms with E-state index in [0.717, 1.165) is 37.1 Å². The third-order valence-corrected chi connectivity index (χ3v) is 3.96. The number of rotatable bonds is 1. The van der Waals surface area contributed by atoms with Gasteiger partial charge < -0.3 is 4.90 Å². The molecule has 0 N–H and O–H groups in total. The fourth-order valence-corrected chi connectivity index (χ4v) is 2.37. The van der Waals surface area contributed by atoms with Crippen LogP contribution in [0.4, 0.5) is 4.39 Å². The van der Waals surface area contributed by atoms with E-state index in [1.807, 2.05) is 13.0 Å². The number of likely N-dealkylation sites (tertiary alicyclic amines) is 1. The van der Waals surface area contributed by atoms with Gasteiger partial charge in [-0.05, 0) is 62.5 Å². The highest BCUT2D eigenvalue weighted by Crippen LogP contribution is 2.35. The van der Waals surface area contributed by atoms with E-state index in [4.69, 9.17) is 0 Å². The molecule has 0 bridgehead atoms. The molecule has 0 spiro atoms. The second kappa shape index (κ2) is 4.17. The zero-order valence-corrected chi connectivity index (χ0v) is 10.4. The molecule has 0 amide bonds. The maximum absolute atomic E-state index is 13.6. The van der Waals surface area contributed by atoms with E-state index in [-0.39, 0.29) is 11.2 Å². The van der Waals surface area contributed by atoms with E-state index in [1.165, 1.54) is 0 Å². The lowest BCUT2D eigenvalue weighted by Gasteiger charge is -2.38. The smallest absolute Gasteiger partial charge is 0.126 e. The topological polar surface area (TPSA) is 3.24 Å². The number of piperidine rings is 1. The second-order valence-corrected chi connectivity index (χ2v) is 5.33. The van der Waals surface area contributed by atoms with Crippen molar-refractivity contribution < 1.29 is 4.39 Å². The van der Waals surface area contributed by atoms with E-state index in [2.05, 4.69) is 24.9 Å². The Kier molecular flexibility index (Phi) is 3.02. The Bertz CT molecular complexity index is 378. The minimum Gasteiger partial charge on any atom is -0.306 e. The first-order valence-corrected chi connectivity index (χ1v) is 5.96. The number of benzene rings is 1. The molecule has 88 valence electrons. The predicted octanol–water partition coefficient (Wildman–Crippen LogP) is 3.12. The molecular formula is C14H20FN. The van der Waals surface area contributed by atoms with Crippen LogP contribution >= 0.6 is 0 Å². The quantitative estimate of drug-likeness (QED) is 0.704. The molecule has 1 aromatic carbocycles. The first kappa shape index (κ1) is 11.6. The molecule has 0 atom stereocenters. The molecule has 1 aliphatic heterocycles. The van der Waals surface area contributed by atoms with Gasteiger partial charge in [0.05, 0.1) is 0 Å². The van der Waals surface area contributed by atoms with Gasteiger partial charge in [0.2, 0.25) is 0 Å². The minimum absolute atomic E-state index is 0.0716. The number of halogens is 1. The first-order valence-electron chi connectivity index (χ1n) is 5.96. The normalized spacial score (nSPS) is 21.0. The highest BCUT2D eigenvalue weighted by Gasteiger charge is 2.30. The maximum Gasteiger partial charge on any atom is 0.126 e. The molecule has 2 rings (SSSR count). The lowest BCUT2D eigenvalue weighted by molar-refractivity contribution is 0.199. The highest BCUT2D eigenvalue weighted by atomic mass is 19.1. The summed E-state index contributed by atoms with van der Waals surface area (Å²) < 4.78 is 13.6. The molecule has 0 unspecified atom stereocenters. The van der Waals surface area contributed by atoms with Gasteiger partial charge in [-0.25, -0.2) is 4.39 Å². The van der Waals surface area contributed by atoms with Crippen LogP contribution in [0.3, 0.4) is 0 Å². The number of hydrogen-bond donors (Lipinski definition) is 0. The average Bonchev–Trinajstić information content (AvgIpc) is 2.26. The van der Waals surface area contributed by atoms with Crippen LogP contribution in [-0.2, 0) is 5.41 Å². The fourth-order valence-electron chi connectivity index (χ4n) is 2.37. The third kappa shape index (κ3) is 2.12. The Morgan fingerprint density at radius 3 is 2.44 bits per heavy atom. The Balaban J connectivity index is 2.25. The Labute approximate surface area is 97.3 Å². The summed E-state index contributed by atoms with van der Waals surface area (Å²) in [6.07, 6.45) is 2.23. The molecular weight excluding hydrogens is 201 g/mol. The molecule has 0 aromatic heterocycles. The standard InChI is InChI=1S/C14H20FN/c1-11-4-5-12(10-13(11)15)14(2)6-8-16(3)9-7-14/h4-5,10H,6-9H2,1-3H3. The van der Waals surface area contributed by atoms with E-state index in [9.17, 15) is 4.39 Å². The SMILES string of the molecule is Cc1ccc(C2(C)CCN(C)CC2)cc1F. The van der Waals surface area contributed by atoms with E-state index in [1.54, 1.807) is 6.07 Å². The zero-order valence-electron chi connectivity index (χ0n) is 10.4. The second-order valence-electron chi connectivity index (χ2n) is 5.33. The Morgan fingerprint density at radius 1 is 1.25 bits per heavy atom. The van der Waals surface area contributed by atoms with Gasteiger partial charge in [-0.1, -0.05) is 19.1 Å². The molecule has 1 nitrogen and oxygen atoms in total. The first-order chi connectivity index (χ1) is 7.51. The van der Waals surface area contributed by atoms with Crippen LogP contribution in [0, 0.1) is 12.7 Å². The third-order valence-electron chi connectivity index (χ3n) is 3.96. The van der Waals surface area contributed by atoms with Crippen molar-refractivity contribution in [1.29, 1.82) is 0 Å². The summed E-state index contributed by atoms with van der Waals surface area (Å²) in [5.74, 6) is -0.0716. The Hall–Kier alpha value is -0.890. The summed E-state index contributed by atoms with van der Waals surface area (Å²) in [5.41, 5.74) is 2.05. The van der Waals surface area contributed by atoms with Crippen molar-refractivity contribution >= 4 is 0 Å². The van der Waals surface area contributed by atoms with Gasteiger partial charge in [0.1, 0.15) is 5.82 Å². The van der Waals surface area contributed by atoms with Crippen molar-refractivity contribution in [3.63, 3.8) is 0 Å². The van der Waals surface area contributed by atoms with E-state index >= 15 is 0 Å². The van der Waals surface area contributed by atoms with Crippen LogP contribution in [0.2, 0.25) is 0 Å². The van der Waals surface area contributed by atoms with Gasteiger partial charge in [0.15, 0.2) is 0 Å². The zero-order chi connectivity index (χ0) is 11.8. The monoisotopic (exact) mass is 221 g/mol. The molecule has 2 heteroatoms. The van der Waals surface area contributed by atoms with Crippen molar-refractivity contribution in [2.45, 2.75) is 32.1 Å². The fraction of sp³-hybridized carbons (Fsp3) is 0.571. The molecule has 1 fully saturated rings. The van der Waals surface area contributed by atoms with Crippen molar-refractivity contribution in [1.82, 2.24) is 4.90 Å². The summed E-state index contributed by atoms with van der Waals surface area (Å²) >= 11 is 0. The largest absolute Gasteiger partial charge is 0.306 e. The molecule has 0 saturated carbocycles. The summed E-state index contributed by atoms with van der Waals surface area (Å²) in [6.45, 7) is 6.28. The summed E-state index contributed by atoms with van der Waals surface area (Å²) in [4.78, 5) is 2.34. The van der Waals surface area contributed by atoms with Crippen molar-refractivity contribution in [2.24, 2.45) is 0 Å². The molecule has 0 aliphatic carbocycles. The van der Waals surface area contributed by atoms with Gasteiger partial charge in [-0.2, -0.15) is 0 Å². The highest BCUT2D eigenvalue weighted by molar-refractivity contribution is 5.30. The maximum atomic E-state index is 13.6. The van der Waals surface area contributed by atoms with Crippen molar-refractivity contribution in [2.75, 3.05) is 20.1 Å². The van der Waals surface area contributed by atoms with Gasteiger partial charge in [0, 0.05) is 0 Å².